The Labute approximate surface area is 207 Å². The third-order valence-electron chi connectivity index (χ3n) is 6.19. The van der Waals surface area contributed by atoms with Gasteiger partial charge in [0.15, 0.2) is 0 Å². The second kappa shape index (κ2) is 9.72. The Morgan fingerprint density at radius 2 is 2.00 bits per heavy atom. The number of anilines is 1. The maximum Gasteiger partial charge on any atom is 0.270 e. The van der Waals surface area contributed by atoms with Crippen LogP contribution >= 0.6 is 35.6 Å². The van der Waals surface area contributed by atoms with Crippen LogP contribution in [0.3, 0.4) is 0 Å². The number of thioether (sulfide) groups is 1. The molecule has 1 aliphatic heterocycles. The van der Waals surface area contributed by atoms with Crippen LogP contribution in [0.4, 0.5) is 5.82 Å². The average Bonchev–Trinajstić information content (AvgIpc) is 3.41. The van der Waals surface area contributed by atoms with Crippen molar-refractivity contribution in [3.63, 3.8) is 0 Å². The number of pyridine rings is 1. The lowest BCUT2D eigenvalue weighted by atomic mass is 10.0. The molecule has 0 spiro atoms. The van der Waals surface area contributed by atoms with Crippen LogP contribution in [0, 0.1) is 18.3 Å². The number of hydrogen-bond donors (Lipinski definition) is 1. The summed E-state index contributed by atoms with van der Waals surface area (Å²) in [7, 11) is 1.61. The monoisotopic (exact) mass is 498 g/mol. The summed E-state index contributed by atoms with van der Waals surface area (Å²) in [5.74, 6) is 0.406. The summed E-state index contributed by atoms with van der Waals surface area (Å²) in [6, 6.07) is 9.61. The second-order valence-electron chi connectivity index (χ2n) is 8.17. The third kappa shape index (κ3) is 4.45. The van der Waals surface area contributed by atoms with Crippen molar-refractivity contribution in [2.24, 2.45) is 7.05 Å². The van der Waals surface area contributed by atoms with E-state index in [0.717, 1.165) is 31.2 Å². The molecule has 1 aromatic heterocycles. The first kappa shape index (κ1) is 23.6. The molecule has 0 unspecified atom stereocenters. The summed E-state index contributed by atoms with van der Waals surface area (Å²) < 4.78 is 1.97. The number of aromatic nitrogens is 1. The number of nitrogens with zero attached hydrogens (tertiary/aromatic N) is 3. The Hall–Kier alpha value is -2.60. The number of nitrogens with one attached hydrogen (secondary N) is 1. The van der Waals surface area contributed by atoms with E-state index in [-0.39, 0.29) is 17.5 Å². The third-order valence-corrected chi connectivity index (χ3v) is 7.89. The van der Waals surface area contributed by atoms with Gasteiger partial charge in [-0.15, -0.1) is 0 Å². The van der Waals surface area contributed by atoms with Crippen LogP contribution < -0.4 is 10.9 Å². The van der Waals surface area contributed by atoms with Crippen LogP contribution in [-0.2, 0) is 18.4 Å². The summed E-state index contributed by atoms with van der Waals surface area (Å²) in [5, 5.41) is 13.5. The number of hydrogen-bond acceptors (Lipinski definition) is 6. The van der Waals surface area contributed by atoms with E-state index in [4.69, 9.17) is 23.8 Å². The van der Waals surface area contributed by atoms with E-state index >= 15 is 0 Å². The van der Waals surface area contributed by atoms with Crippen LogP contribution in [0.2, 0.25) is 5.02 Å². The van der Waals surface area contributed by atoms with Gasteiger partial charge in [-0.3, -0.25) is 19.1 Å². The maximum atomic E-state index is 13.2. The number of amides is 1. The van der Waals surface area contributed by atoms with Gasteiger partial charge in [0.25, 0.3) is 11.5 Å². The van der Waals surface area contributed by atoms with Crippen LogP contribution in [0.15, 0.2) is 34.0 Å². The molecular formula is C24H23ClN4O2S2. The molecule has 2 aromatic rings. The summed E-state index contributed by atoms with van der Waals surface area (Å²) >= 11 is 13.1. The highest BCUT2D eigenvalue weighted by Crippen LogP contribution is 2.39. The number of rotatable bonds is 5. The molecule has 0 radical (unpaired) electrons. The van der Waals surface area contributed by atoms with Gasteiger partial charge in [-0.05, 0) is 43.0 Å². The Bertz CT molecular complexity index is 1270. The molecule has 1 aliphatic carbocycles. The van der Waals surface area contributed by atoms with Crippen molar-refractivity contribution in [2.45, 2.75) is 45.2 Å². The summed E-state index contributed by atoms with van der Waals surface area (Å²) in [6.45, 7) is 2.10. The SMILES string of the molecule is Cc1c(/C=C2/SC(=S)N(C3CCCC3)C2=O)c(NCc2ccccc2Cl)n(C)c(=O)c1C#N. The van der Waals surface area contributed by atoms with Gasteiger partial charge >= 0.3 is 0 Å². The van der Waals surface area contributed by atoms with E-state index < -0.39 is 5.56 Å². The number of halogens is 1. The maximum absolute atomic E-state index is 13.2. The summed E-state index contributed by atoms with van der Waals surface area (Å²) in [4.78, 5) is 28.3. The van der Waals surface area contributed by atoms with E-state index in [1.165, 1.54) is 16.3 Å². The number of carbonyl (C=O) groups is 1. The quantitative estimate of drug-likeness (QED) is 0.463. The molecule has 9 heteroatoms. The minimum Gasteiger partial charge on any atom is -0.367 e. The van der Waals surface area contributed by atoms with Crippen molar-refractivity contribution in [2.75, 3.05) is 5.32 Å². The van der Waals surface area contributed by atoms with E-state index in [1.54, 1.807) is 31.0 Å². The molecular weight excluding hydrogens is 476 g/mol. The molecule has 2 fully saturated rings. The lowest BCUT2D eigenvalue weighted by molar-refractivity contribution is -0.123. The van der Waals surface area contributed by atoms with Gasteiger partial charge in [-0.2, -0.15) is 5.26 Å². The highest BCUT2D eigenvalue weighted by Gasteiger charge is 2.38. The van der Waals surface area contributed by atoms with E-state index in [2.05, 4.69) is 5.32 Å². The number of benzene rings is 1. The normalized spacial score (nSPS) is 17.8. The Morgan fingerprint density at radius 1 is 1.30 bits per heavy atom. The summed E-state index contributed by atoms with van der Waals surface area (Å²) in [5.41, 5.74) is 1.67. The molecule has 0 bridgehead atoms. The van der Waals surface area contributed by atoms with Crippen molar-refractivity contribution in [3.8, 4) is 6.07 Å². The second-order valence-corrected chi connectivity index (χ2v) is 10.3. The predicted molar refractivity (Wildman–Crippen MR) is 137 cm³/mol. The van der Waals surface area contributed by atoms with Gasteiger partial charge in [0.2, 0.25) is 0 Å². The topological polar surface area (TPSA) is 78.1 Å². The average molecular weight is 499 g/mol. The van der Waals surface area contributed by atoms with Crippen LogP contribution in [0.1, 0.15) is 47.9 Å². The fourth-order valence-corrected chi connectivity index (χ4v) is 5.94. The minimum absolute atomic E-state index is 0.0540. The van der Waals surface area contributed by atoms with E-state index in [0.29, 0.717) is 37.7 Å². The van der Waals surface area contributed by atoms with Gasteiger partial charge in [0.05, 0.1) is 4.91 Å². The van der Waals surface area contributed by atoms with Gasteiger partial charge in [-0.25, -0.2) is 0 Å². The highest BCUT2D eigenvalue weighted by molar-refractivity contribution is 8.26. The molecule has 1 aromatic carbocycles. The van der Waals surface area contributed by atoms with Crippen molar-refractivity contribution in [1.29, 1.82) is 5.26 Å². The van der Waals surface area contributed by atoms with Crippen LogP contribution in [0.5, 0.6) is 0 Å². The first-order valence-corrected chi connectivity index (χ1v) is 12.3. The van der Waals surface area contributed by atoms with Gasteiger partial charge in [0, 0.05) is 30.2 Å². The minimum atomic E-state index is -0.396. The predicted octanol–water partition coefficient (Wildman–Crippen LogP) is 4.97. The summed E-state index contributed by atoms with van der Waals surface area (Å²) in [6.07, 6.45) is 5.87. The lowest BCUT2D eigenvalue weighted by Crippen LogP contribution is -2.36. The largest absolute Gasteiger partial charge is 0.367 e. The molecule has 1 saturated carbocycles. The fraction of sp³-hybridized carbons (Fsp3) is 0.333. The number of nitriles is 1. The number of thiocarbonyl (C=S) groups is 1. The molecule has 2 aliphatic rings. The molecule has 1 amide bonds. The first-order chi connectivity index (χ1) is 15.8. The zero-order valence-corrected chi connectivity index (χ0v) is 20.7. The van der Waals surface area contributed by atoms with Gasteiger partial charge < -0.3 is 5.32 Å². The number of carbonyl (C=O) groups excluding carboxylic acids is 1. The van der Waals surface area contributed by atoms with Crippen molar-refractivity contribution < 1.29 is 4.79 Å². The smallest absolute Gasteiger partial charge is 0.270 e. The van der Waals surface area contributed by atoms with Crippen molar-refractivity contribution in [1.82, 2.24) is 9.47 Å². The van der Waals surface area contributed by atoms with E-state index in [9.17, 15) is 14.9 Å². The van der Waals surface area contributed by atoms with E-state index in [1.807, 2.05) is 24.3 Å². The molecule has 2 heterocycles. The van der Waals surface area contributed by atoms with Gasteiger partial charge in [0.1, 0.15) is 21.8 Å². The fourth-order valence-electron chi connectivity index (χ4n) is 4.35. The molecule has 1 saturated heterocycles. The molecule has 4 rings (SSSR count). The van der Waals surface area contributed by atoms with Crippen LogP contribution in [0.25, 0.3) is 6.08 Å². The molecule has 33 heavy (non-hydrogen) atoms. The molecule has 170 valence electrons. The molecule has 0 atom stereocenters. The Kier molecular flexibility index (Phi) is 6.94. The lowest BCUT2D eigenvalue weighted by Gasteiger charge is -2.22. The van der Waals surface area contributed by atoms with Crippen molar-refractivity contribution in [3.05, 3.63) is 66.8 Å². The van der Waals surface area contributed by atoms with Crippen molar-refractivity contribution >= 4 is 57.7 Å². The Balaban J connectivity index is 1.77. The van der Waals surface area contributed by atoms with Gasteiger partial charge in [-0.1, -0.05) is 66.6 Å². The molecule has 6 nitrogen and oxygen atoms in total. The molecule has 1 N–H and O–H groups in total. The first-order valence-electron chi connectivity index (χ1n) is 10.7. The van der Waals surface area contributed by atoms with Crippen LogP contribution in [-0.4, -0.2) is 25.7 Å². The zero-order valence-electron chi connectivity index (χ0n) is 18.4. The standard InChI is InChI=1S/C24H23ClN4O2S2/c1-14-17(11-20-23(31)29(24(32)33-20)16-8-4-5-9-16)21(28(2)22(30)18(14)12-26)27-13-15-7-3-6-10-19(15)25/h3,6-7,10-11,16,27H,4-5,8-9,13H2,1-2H3/b20-11+. The zero-order chi connectivity index (χ0) is 23.7. The highest BCUT2D eigenvalue weighted by atomic mass is 35.5. The Morgan fingerprint density at radius 3 is 2.67 bits per heavy atom.